The third-order valence-corrected chi connectivity index (χ3v) is 6.31. The first-order valence-electron chi connectivity index (χ1n) is 9.13. The average molecular weight is 365 g/mol. The second-order valence-electron chi connectivity index (χ2n) is 7.18. The van der Waals surface area contributed by atoms with Crippen molar-refractivity contribution in [3.63, 3.8) is 0 Å². The fourth-order valence-electron chi connectivity index (χ4n) is 4.08. The SMILES string of the molecule is Cc1cccc(C(c2csc3ccccc23)N2CCCC(C(=O)O)C2)c1. The molecule has 1 N–H and O–H groups in total. The first-order chi connectivity index (χ1) is 12.6. The van der Waals surface area contributed by atoms with E-state index in [-0.39, 0.29) is 12.0 Å². The van der Waals surface area contributed by atoms with Crippen LogP contribution >= 0.6 is 11.3 Å². The van der Waals surface area contributed by atoms with E-state index < -0.39 is 5.97 Å². The van der Waals surface area contributed by atoms with E-state index in [2.05, 4.69) is 65.7 Å². The molecule has 0 amide bonds. The molecule has 0 bridgehead atoms. The quantitative estimate of drug-likeness (QED) is 0.699. The molecule has 0 aliphatic carbocycles. The Balaban J connectivity index is 1.81. The number of carbonyl (C=O) groups is 1. The summed E-state index contributed by atoms with van der Waals surface area (Å²) in [7, 11) is 0. The Kier molecular flexibility index (Phi) is 4.79. The number of aryl methyl sites for hydroxylation is 1. The molecule has 0 spiro atoms. The lowest BCUT2D eigenvalue weighted by Crippen LogP contribution is -2.41. The predicted molar refractivity (Wildman–Crippen MR) is 107 cm³/mol. The summed E-state index contributed by atoms with van der Waals surface area (Å²) >= 11 is 1.77. The number of carboxylic acids is 1. The van der Waals surface area contributed by atoms with Gasteiger partial charge in [-0.15, -0.1) is 11.3 Å². The summed E-state index contributed by atoms with van der Waals surface area (Å²) in [5, 5.41) is 13.1. The standard InChI is InChI=1S/C22H23NO2S/c1-15-6-4-7-16(12-15)21(23-11-5-8-17(13-23)22(24)25)19-14-26-20-10-3-2-9-18(19)20/h2-4,6-7,9-10,12,14,17,21H,5,8,11,13H2,1H3,(H,24,25). The number of likely N-dealkylation sites (tertiary alicyclic amines) is 1. The maximum atomic E-state index is 11.6. The molecule has 1 aliphatic heterocycles. The number of thiophene rings is 1. The number of fused-ring (bicyclic) bond motifs is 1. The fraction of sp³-hybridized carbons (Fsp3) is 0.318. The summed E-state index contributed by atoms with van der Waals surface area (Å²) in [6.07, 6.45) is 1.71. The number of hydrogen-bond donors (Lipinski definition) is 1. The van der Waals surface area contributed by atoms with Gasteiger partial charge in [0.05, 0.1) is 12.0 Å². The molecule has 0 saturated carbocycles. The van der Waals surface area contributed by atoms with E-state index >= 15 is 0 Å². The molecule has 2 aromatic carbocycles. The van der Waals surface area contributed by atoms with Gasteiger partial charge in [0, 0.05) is 11.2 Å². The zero-order valence-electron chi connectivity index (χ0n) is 14.9. The average Bonchev–Trinajstić information content (AvgIpc) is 3.06. The molecule has 2 heterocycles. The molecule has 134 valence electrons. The largest absolute Gasteiger partial charge is 0.481 e. The lowest BCUT2D eigenvalue weighted by atomic mass is 9.91. The van der Waals surface area contributed by atoms with Gasteiger partial charge >= 0.3 is 5.97 Å². The molecular weight excluding hydrogens is 342 g/mol. The molecule has 2 atom stereocenters. The third-order valence-electron chi connectivity index (χ3n) is 5.33. The fourth-order valence-corrected chi connectivity index (χ4v) is 5.06. The minimum atomic E-state index is -0.673. The van der Waals surface area contributed by atoms with Crippen LogP contribution in [0.2, 0.25) is 0 Å². The van der Waals surface area contributed by atoms with E-state index in [1.54, 1.807) is 11.3 Å². The minimum Gasteiger partial charge on any atom is -0.481 e. The number of nitrogens with zero attached hydrogens (tertiary/aromatic N) is 1. The van der Waals surface area contributed by atoms with E-state index in [1.807, 2.05) is 0 Å². The smallest absolute Gasteiger partial charge is 0.307 e. The summed E-state index contributed by atoms with van der Waals surface area (Å²) in [6, 6.07) is 17.2. The van der Waals surface area contributed by atoms with Crippen molar-refractivity contribution in [3.8, 4) is 0 Å². The molecule has 1 aromatic heterocycles. The Labute approximate surface area is 157 Å². The van der Waals surface area contributed by atoms with Crippen molar-refractivity contribution < 1.29 is 9.90 Å². The molecule has 1 fully saturated rings. The first-order valence-corrected chi connectivity index (χ1v) is 10.0. The molecule has 3 nitrogen and oxygen atoms in total. The summed E-state index contributed by atoms with van der Waals surface area (Å²) in [5.41, 5.74) is 3.78. The Bertz CT molecular complexity index is 933. The van der Waals surface area contributed by atoms with Gasteiger partial charge in [-0.05, 0) is 54.3 Å². The lowest BCUT2D eigenvalue weighted by Gasteiger charge is -2.37. The number of benzene rings is 2. The summed E-state index contributed by atoms with van der Waals surface area (Å²) < 4.78 is 1.28. The molecule has 1 aliphatic rings. The van der Waals surface area contributed by atoms with Gasteiger partial charge in [0.1, 0.15) is 0 Å². The maximum Gasteiger partial charge on any atom is 0.307 e. The van der Waals surface area contributed by atoms with Crippen LogP contribution in [0.3, 0.4) is 0 Å². The van der Waals surface area contributed by atoms with Crippen LogP contribution in [0.1, 0.15) is 35.6 Å². The molecule has 26 heavy (non-hydrogen) atoms. The summed E-state index contributed by atoms with van der Waals surface area (Å²) in [6.45, 7) is 3.66. The Morgan fingerprint density at radius 1 is 1.23 bits per heavy atom. The molecule has 0 radical (unpaired) electrons. The van der Waals surface area contributed by atoms with Gasteiger partial charge in [-0.3, -0.25) is 9.69 Å². The van der Waals surface area contributed by atoms with Crippen molar-refractivity contribution in [2.45, 2.75) is 25.8 Å². The van der Waals surface area contributed by atoms with Crippen LogP contribution in [-0.4, -0.2) is 29.1 Å². The van der Waals surface area contributed by atoms with Crippen molar-refractivity contribution in [2.24, 2.45) is 5.92 Å². The molecule has 1 saturated heterocycles. The van der Waals surface area contributed by atoms with Gasteiger partial charge in [0.2, 0.25) is 0 Å². The number of carboxylic acid groups (broad SMARTS) is 1. The number of rotatable bonds is 4. The van der Waals surface area contributed by atoms with Gasteiger partial charge in [0.25, 0.3) is 0 Å². The van der Waals surface area contributed by atoms with Crippen molar-refractivity contribution >= 4 is 27.4 Å². The first kappa shape index (κ1) is 17.3. The van der Waals surface area contributed by atoms with Crippen LogP contribution in [0.25, 0.3) is 10.1 Å². The van der Waals surface area contributed by atoms with E-state index in [9.17, 15) is 9.90 Å². The van der Waals surface area contributed by atoms with Crippen molar-refractivity contribution in [1.82, 2.24) is 4.90 Å². The highest BCUT2D eigenvalue weighted by Gasteiger charge is 2.32. The Morgan fingerprint density at radius 2 is 2.08 bits per heavy atom. The highest BCUT2D eigenvalue weighted by molar-refractivity contribution is 7.17. The summed E-state index contributed by atoms with van der Waals surface area (Å²) in [5.74, 6) is -0.950. The van der Waals surface area contributed by atoms with Crippen LogP contribution in [0.15, 0.2) is 53.9 Å². The highest BCUT2D eigenvalue weighted by atomic mass is 32.1. The van der Waals surface area contributed by atoms with Crippen molar-refractivity contribution in [2.75, 3.05) is 13.1 Å². The topological polar surface area (TPSA) is 40.5 Å². The van der Waals surface area contributed by atoms with Crippen molar-refractivity contribution in [1.29, 1.82) is 0 Å². The molecular formula is C22H23NO2S. The van der Waals surface area contributed by atoms with Gasteiger partial charge in [-0.1, -0.05) is 48.0 Å². The number of piperidine rings is 1. The lowest BCUT2D eigenvalue weighted by molar-refractivity contribution is -0.143. The third kappa shape index (κ3) is 3.27. The molecule has 3 aromatic rings. The summed E-state index contributed by atoms with van der Waals surface area (Å²) in [4.78, 5) is 14.0. The van der Waals surface area contributed by atoms with Gasteiger partial charge in [0.15, 0.2) is 0 Å². The minimum absolute atomic E-state index is 0.105. The van der Waals surface area contributed by atoms with Crippen LogP contribution in [-0.2, 0) is 4.79 Å². The number of hydrogen-bond acceptors (Lipinski definition) is 3. The maximum absolute atomic E-state index is 11.6. The highest BCUT2D eigenvalue weighted by Crippen LogP contribution is 2.39. The van der Waals surface area contributed by atoms with E-state index in [1.165, 1.54) is 26.8 Å². The van der Waals surface area contributed by atoms with Gasteiger partial charge < -0.3 is 5.11 Å². The predicted octanol–water partition coefficient (Wildman–Crippen LogP) is 5.10. The normalized spacial score (nSPS) is 19.5. The molecule has 4 rings (SSSR count). The Morgan fingerprint density at radius 3 is 2.88 bits per heavy atom. The zero-order valence-corrected chi connectivity index (χ0v) is 15.7. The van der Waals surface area contributed by atoms with Crippen molar-refractivity contribution in [3.05, 3.63) is 70.6 Å². The second-order valence-corrected chi connectivity index (χ2v) is 8.09. The Hall–Kier alpha value is -2.17. The van der Waals surface area contributed by atoms with Gasteiger partial charge in [-0.2, -0.15) is 0 Å². The van der Waals surface area contributed by atoms with E-state index in [4.69, 9.17) is 0 Å². The zero-order chi connectivity index (χ0) is 18.1. The van der Waals surface area contributed by atoms with E-state index in [0.29, 0.717) is 6.54 Å². The van der Waals surface area contributed by atoms with Crippen LogP contribution in [0.5, 0.6) is 0 Å². The van der Waals surface area contributed by atoms with Crippen LogP contribution in [0.4, 0.5) is 0 Å². The molecule has 2 unspecified atom stereocenters. The monoisotopic (exact) mass is 365 g/mol. The van der Waals surface area contributed by atoms with Crippen LogP contribution < -0.4 is 0 Å². The number of aliphatic carboxylic acids is 1. The second kappa shape index (κ2) is 7.22. The van der Waals surface area contributed by atoms with Crippen LogP contribution in [0, 0.1) is 12.8 Å². The van der Waals surface area contributed by atoms with E-state index in [0.717, 1.165) is 19.4 Å². The van der Waals surface area contributed by atoms with Gasteiger partial charge in [-0.25, -0.2) is 0 Å². The molecule has 4 heteroatoms.